The Bertz CT molecular complexity index is 1100. The van der Waals surface area contributed by atoms with Gasteiger partial charge in [-0.1, -0.05) is 0 Å². The normalized spacial score (nSPS) is 15.7. The van der Waals surface area contributed by atoms with Crippen LogP contribution in [0.2, 0.25) is 0 Å². The Morgan fingerprint density at radius 3 is 2.58 bits per heavy atom. The van der Waals surface area contributed by atoms with Crippen LogP contribution in [0.25, 0.3) is 11.3 Å². The van der Waals surface area contributed by atoms with Crippen LogP contribution in [0.5, 0.6) is 11.5 Å². The Hall–Kier alpha value is -3.68. The fraction of sp³-hybridized carbons (Fsp3) is 0.261. The van der Waals surface area contributed by atoms with Gasteiger partial charge in [0.2, 0.25) is 12.7 Å². The molecule has 1 fully saturated rings. The van der Waals surface area contributed by atoms with Gasteiger partial charge in [0.1, 0.15) is 18.0 Å². The third-order valence-corrected chi connectivity index (χ3v) is 5.62. The van der Waals surface area contributed by atoms with Gasteiger partial charge in [0, 0.05) is 42.4 Å². The molecule has 1 amide bonds. The van der Waals surface area contributed by atoms with Gasteiger partial charge in [-0.15, -0.1) is 0 Å². The lowest BCUT2D eigenvalue weighted by atomic mass is 9.95. The molecule has 7 nitrogen and oxygen atoms in total. The number of halogens is 1. The molecule has 2 aliphatic rings. The lowest BCUT2D eigenvalue weighted by molar-refractivity contribution is -0.120. The van der Waals surface area contributed by atoms with E-state index in [0.29, 0.717) is 17.2 Å². The lowest BCUT2D eigenvalue weighted by Crippen LogP contribution is -2.38. The Labute approximate surface area is 178 Å². The van der Waals surface area contributed by atoms with Crippen LogP contribution in [-0.4, -0.2) is 35.8 Å². The monoisotopic (exact) mass is 420 g/mol. The second-order valence-electron chi connectivity index (χ2n) is 7.59. The van der Waals surface area contributed by atoms with Gasteiger partial charge in [-0.3, -0.25) is 4.79 Å². The second-order valence-corrected chi connectivity index (χ2v) is 7.59. The van der Waals surface area contributed by atoms with Gasteiger partial charge < -0.3 is 19.7 Å². The Morgan fingerprint density at radius 1 is 1.00 bits per heavy atom. The molecule has 8 heteroatoms. The van der Waals surface area contributed by atoms with Crippen LogP contribution in [0.1, 0.15) is 12.8 Å². The van der Waals surface area contributed by atoms with Crippen LogP contribution in [0.3, 0.4) is 0 Å². The number of carbonyl (C=O) groups is 1. The fourth-order valence-electron chi connectivity index (χ4n) is 3.89. The molecule has 0 radical (unpaired) electrons. The van der Waals surface area contributed by atoms with Crippen LogP contribution in [-0.2, 0) is 4.79 Å². The summed E-state index contributed by atoms with van der Waals surface area (Å²) in [5, 5.41) is 2.98. The van der Waals surface area contributed by atoms with Gasteiger partial charge in [0.25, 0.3) is 0 Å². The first-order chi connectivity index (χ1) is 15.2. The summed E-state index contributed by atoms with van der Waals surface area (Å²) in [5.41, 5.74) is 2.28. The minimum atomic E-state index is -0.279. The number of rotatable bonds is 4. The molecule has 0 unspecified atom stereocenters. The predicted octanol–water partition coefficient (Wildman–Crippen LogP) is 3.87. The zero-order valence-electron chi connectivity index (χ0n) is 16.8. The number of aromatic nitrogens is 2. The maximum absolute atomic E-state index is 13.2. The number of anilines is 2. The zero-order valence-corrected chi connectivity index (χ0v) is 16.8. The van der Waals surface area contributed by atoms with Crippen molar-refractivity contribution in [2.75, 3.05) is 30.1 Å². The molecule has 1 saturated heterocycles. The topological polar surface area (TPSA) is 76.6 Å². The van der Waals surface area contributed by atoms with E-state index in [-0.39, 0.29) is 24.4 Å². The smallest absolute Gasteiger partial charge is 0.231 e. The highest BCUT2D eigenvalue weighted by Crippen LogP contribution is 2.34. The van der Waals surface area contributed by atoms with Crippen molar-refractivity contribution in [3.8, 4) is 22.8 Å². The van der Waals surface area contributed by atoms with Crippen molar-refractivity contribution < 1.29 is 18.7 Å². The Kier molecular flexibility index (Phi) is 5.11. The quantitative estimate of drug-likeness (QED) is 0.691. The van der Waals surface area contributed by atoms with E-state index in [1.807, 2.05) is 12.1 Å². The molecule has 1 N–H and O–H groups in total. The molecule has 158 valence electrons. The summed E-state index contributed by atoms with van der Waals surface area (Å²) in [6.45, 7) is 1.65. The third kappa shape index (κ3) is 4.14. The first kappa shape index (κ1) is 19.3. The zero-order chi connectivity index (χ0) is 21.2. The molecule has 0 bridgehead atoms. The number of hydrogen-bond donors (Lipinski definition) is 1. The summed E-state index contributed by atoms with van der Waals surface area (Å²) in [5.74, 6) is 1.81. The highest BCUT2D eigenvalue weighted by molar-refractivity contribution is 5.93. The first-order valence-electron chi connectivity index (χ1n) is 10.2. The van der Waals surface area contributed by atoms with Crippen LogP contribution in [0, 0.1) is 11.7 Å². The number of nitrogens with one attached hydrogen (secondary N) is 1. The Balaban J connectivity index is 1.21. The molecular formula is C23H21FN4O3. The van der Waals surface area contributed by atoms with Crippen molar-refractivity contribution in [1.29, 1.82) is 0 Å². The summed E-state index contributed by atoms with van der Waals surface area (Å²) >= 11 is 0. The summed E-state index contributed by atoms with van der Waals surface area (Å²) in [7, 11) is 0. The van der Waals surface area contributed by atoms with Crippen molar-refractivity contribution in [1.82, 2.24) is 9.97 Å². The number of fused-ring (bicyclic) bond motifs is 1. The fourth-order valence-corrected chi connectivity index (χ4v) is 3.89. The van der Waals surface area contributed by atoms with E-state index >= 15 is 0 Å². The van der Waals surface area contributed by atoms with E-state index in [2.05, 4.69) is 20.2 Å². The highest BCUT2D eigenvalue weighted by atomic mass is 19.1. The first-order valence-corrected chi connectivity index (χ1v) is 10.2. The second kappa shape index (κ2) is 8.22. The van der Waals surface area contributed by atoms with Crippen LogP contribution in [0.15, 0.2) is 54.9 Å². The maximum Gasteiger partial charge on any atom is 0.231 e. The highest BCUT2D eigenvalue weighted by Gasteiger charge is 2.26. The molecular weight excluding hydrogens is 399 g/mol. The van der Waals surface area contributed by atoms with Crippen molar-refractivity contribution in [3.63, 3.8) is 0 Å². The molecule has 0 atom stereocenters. The molecule has 3 heterocycles. The summed E-state index contributed by atoms with van der Waals surface area (Å²) in [6.07, 6.45) is 2.98. The van der Waals surface area contributed by atoms with Gasteiger partial charge in [-0.25, -0.2) is 14.4 Å². The third-order valence-electron chi connectivity index (χ3n) is 5.62. The maximum atomic E-state index is 13.2. The minimum Gasteiger partial charge on any atom is -0.454 e. The van der Waals surface area contributed by atoms with Crippen molar-refractivity contribution in [2.45, 2.75) is 12.8 Å². The van der Waals surface area contributed by atoms with E-state index in [1.54, 1.807) is 24.3 Å². The van der Waals surface area contributed by atoms with E-state index in [4.69, 9.17) is 9.47 Å². The van der Waals surface area contributed by atoms with Crippen LogP contribution >= 0.6 is 0 Å². The molecule has 0 saturated carbocycles. The van der Waals surface area contributed by atoms with Gasteiger partial charge in [-0.05, 0) is 49.2 Å². The number of ether oxygens (including phenoxy) is 2. The van der Waals surface area contributed by atoms with Gasteiger partial charge >= 0.3 is 0 Å². The number of nitrogens with zero attached hydrogens (tertiary/aromatic N) is 3. The van der Waals surface area contributed by atoms with Crippen LogP contribution in [0.4, 0.5) is 15.9 Å². The van der Waals surface area contributed by atoms with E-state index in [9.17, 15) is 9.18 Å². The number of benzene rings is 2. The molecule has 2 aromatic carbocycles. The van der Waals surface area contributed by atoms with Crippen molar-refractivity contribution in [2.24, 2.45) is 5.92 Å². The summed E-state index contributed by atoms with van der Waals surface area (Å²) in [6, 6.07) is 13.5. The molecule has 2 aliphatic heterocycles. The largest absolute Gasteiger partial charge is 0.454 e. The number of hydrogen-bond acceptors (Lipinski definition) is 6. The number of piperidine rings is 1. The Morgan fingerprint density at radius 2 is 1.77 bits per heavy atom. The summed E-state index contributed by atoms with van der Waals surface area (Å²) in [4.78, 5) is 23.6. The number of carbonyl (C=O) groups excluding carboxylic acids is 1. The summed E-state index contributed by atoms with van der Waals surface area (Å²) < 4.78 is 23.9. The molecule has 0 spiro atoms. The standard InChI is InChI=1S/C23H21FN4O3/c24-17-3-1-15(2-4-17)19-12-22(26-13-25-19)28-9-7-16(8-10-28)23(29)27-18-5-6-20-21(11-18)31-14-30-20/h1-6,11-13,16H,7-10,14H2,(H,27,29). The SMILES string of the molecule is O=C(Nc1ccc2c(c1)OCO2)C1CCN(c2cc(-c3ccc(F)cc3)ncn2)CC1. The van der Waals surface area contributed by atoms with Crippen molar-refractivity contribution >= 4 is 17.4 Å². The van der Waals surface area contributed by atoms with Crippen molar-refractivity contribution in [3.05, 3.63) is 60.7 Å². The lowest BCUT2D eigenvalue weighted by Gasteiger charge is -2.32. The molecule has 31 heavy (non-hydrogen) atoms. The predicted molar refractivity (Wildman–Crippen MR) is 114 cm³/mol. The molecule has 1 aromatic heterocycles. The molecule has 3 aromatic rings. The van der Waals surface area contributed by atoms with E-state index in [1.165, 1.54) is 18.5 Å². The average molecular weight is 420 g/mol. The molecule has 5 rings (SSSR count). The minimum absolute atomic E-state index is 0.00760. The van der Waals surface area contributed by atoms with Gasteiger partial charge in [0.05, 0.1) is 5.69 Å². The average Bonchev–Trinajstić information content (AvgIpc) is 3.28. The van der Waals surface area contributed by atoms with Gasteiger partial charge in [0.15, 0.2) is 11.5 Å². The molecule has 0 aliphatic carbocycles. The number of amides is 1. The van der Waals surface area contributed by atoms with E-state index < -0.39 is 0 Å². The van der Waals surface area contributed by atoms with Crippen LogP contribution < -0.4 is 19.7 Å². The van der Waals surface area contributed by atoms with Gasteiger partial charge in [-0.2, -0.15) is 0 Å². The van der Waals surface area contributed by atoms with E-state index in [0.717, 1.165) is 43.0 Å².